The van der Waals surface area contributed by atoms with Gasteiger partial charge in [-0.15, -0.1) is 11.3 Å². The van der Waals surface area contributed by atoms with Crippen molar-refractivity contribution < 1.29 is 0 Å². The first-order valence-corrected chi connectivity index (χ1v) is 9.98. The van der Waals surface area contributed by atoms with Gasteiger partial charge in [0, 0.05) is 24.5 Å². The minimum Gasteiger partial charge on any atom is -0.301 e. The molecule has 1 aliphatic heterocycles. The molecule has 0 bridgehead atoms. The van der Waals surface area contributed by atoms with E-state index in [9.17, 15) is 4.79 Å². The molecule has 0 unspecified atom stereocenters. The molecule has 3 heterocycles. The SMILES string of the molecule is CCSc1nc2sc3c(c2c(=O)[nH]1)CCN(Cc1ccccc1)C3. The Hall–Kier alpha value is -1.63. The van der Waals surface area contributed by atoms with Crippen molar-refractivity contribution >= 4 is 33.3 Å². The Bertz CT molecular complexity index is 917. The summed E-state index contributed by atoms with van der Waals surface area (Å²) >= 11 is 3.26. The zero-order chi connectivity index (χ0) is 16.5. The molecule has 0 saturated carbocycles. The molecule has 6 heteroatoms. The fourth-order valence-electron chi connectivity index (χ4n) is 3.22. The number of thiophene rings is 1. The second kappa shape index (κ2) is 6.70. The molecule has 0 atom stereocenters. The third-order valence-corrected chi connectivity index (χ3v) is 6.16. The molecule has 4 nitrogen and oxygen atoms in total. The molecule has 1 N–H and O–H groups in total. The van der Waals surface area contributed by atoms with E-state index < -0.39 is 0 Å². The van der Waals surface area contributed by atoms with Crippen molar-refractivity contribution in [2.24, 2.45) is 0 Å². The number of H-pyrrole nitrogens is 1. The molecular weight excluding hydrogens is 338 g/mol. The van der Waals surface area contributed by atoms with E-state index in [0.29, 0.717) is 0 Å². The molecule has 124 valence electrons. The van der Waals surface area contributed by atoms with E-state index in [2.05, 4.69) is 46.1 Å². The van der Waals surface area contributed by atoms with Crippen molar-refractivity contribution in [3.8, 4) is 0 Å². The van der Waals surface area contributed by atoms with E-state index in [1.165, 1.54) is 16.0 Å². The summed E-state index contributed by atoms with van der Waals surface area (Å²) in [7, 11) is 0. The van der Waals surface area contributed by atoms with Gasteiger partial charge in [-0.25, -0.2) is 4.98 Å². The number of nitrogens with one attached hydrogen (secondary N) is 1. The van der Waals surface area contributed by atoms with Crippen molar-refractivity contribution in [3.63, 3.8) is 0 Å². The van der Waals surface area contributed by atoms with Crippen molar-refractivity contribution in [2.75, 3.05) is 12.3 Å². The van der Waals surface area contributed by atoms with Crippen LogP contribution in [0, 0.1) is 0 Å². The summed E-state index contributed by atoms with van der Waals surface area (Å²) in [5, 5.41) is 1.55. The van der Waals surface area contributed by atoms with Crippen molar-refractivity contribution in [3.05, 3.63) is 56.7 Å². The standard InChI is InChI=1S/C18H19N3OS2/c1-2-23-18-19-16(22)15-13-8-9-21(10-12-6-4-3-5-7-12)11-14(13)24-17(15)20-18/h3-7H,2,8-11H2,1H3,(H,19,20,22). The van der Waals surface area contributed by atoms with Gasteiger partial charge in [0.1, 0.15) is 4.83 Å². The Labute approximate surface area is 148 Å². The first kappa shape index (κ1) is 15.9. The Morgan fingerprint density at radius 3 is 2.96 bits per heavy atom. The van der Waals surface area contributed by atoms with Crippen LogP contribution < -0.4 is 5.56 Å². The largest absolute Gasteiger partial charge is 0.301 e. The van der Waals surface area contributed by atoms with E-state index in [0.717, 1.165) is 47.2 Å². The number of benzene rings is 1. The molecule has 3 aromatic rings. The number of thioether (sulfide) groups is 1. The number of rotatable bonds is 4. The predicted molar refractivity (Wildman–Crippen MR) is 101 cm³/mol. The monoisotopic (exact) mass is 357 g/mol. The number of aromatic nitrogens is 2. The Balaban J connectivity index is 1.64. The third kappa shape index (κ3) is 3.01. The number of hydrogen-bond acceptors (Lipinski definition) is 5. The quantitative estimate of drug-likeness (QED) is 0.572. The maximum absolute atomic E-state index is 12.5. The third-order valence-electron chi connectivity index (χ3n) is 4.30. The summed E-state index contributed by atoms with van der Waals surface area (Å²) in [6, 6.07) is 10.6. The molecule has 24 heavy (non-hydrogen) atoms. The molecule has 0 aliphatic carbocycles. The number of hydrogen-bond donors (Lipinski definition) is 1. The summed E-state index contributed by atoms with van der Waals surface area (Å²) < 4.78 is 0. The maximum Gasteiger partial charge on any atom is 0.260 e. The number of nitrogens with zero attached hydrogens (tertiary/aromatic N) is 2. The van der Waals surface area contributed by atoms with Crippen molar-refractivity contribution in [1.82, 2.24) is 14.9 Å². The van der Waals surface area contributed by atoms with E-state index in [1.54, 1.807) is 23.1 Å². The van der Waals surface area contributed by atoms with Crippen LogP contribution in [0.4, 0.5) is 0 Å². The van der Waals surface area contributed by atoms with Crippen LogP contribution in [0.1, 0.15) is 22.9 Å². The fourth-order valence-corrected chi connectivity index (χ4v) is 5.13. The first-order valence-electron chi connectivity index (χ1n) is 8.18. The molecule has 1 aromatic carbocycles. The summed E-state index contributed by atoms with van der Waals surface area (Å²) in [5.74, 6) is 0.907. The highest BCUT2D eigenvalue weighted by Crippen LogP contribution is 2.33. The fraction of sp³-hybridized carbons (Fsp3) is 0.333. The van der Waals surface area contributed by atoms with Crippen LogP contribution in [-0.4, -0.2) is 27.2 Å². The number of fused-ring (bicyclic) bond motifs is 3. The maximum atomic E-state index is 12.5. The molecule has 2 aromatic heterocycles. The smallest absolute Gasteiger partial charge is 0.260 e. The molecule has 4 rings (SSSR count). The molecular formula is C18H19N3OS2. The lowest BCUT2D eigenvalue weighted by molar-refractivity contribution is 0.249. The van der Waals surface area contributed by atoms with Gasteiger partial charge in [0.25, 0.3) is 5.56 Å². The molecule has 0 radical (unpaired) electrons. The molecule has 1 aliphatic rings. The van der Waals surface area contributed by atoms with Gasteiger partial charge in [0.2, 0.25) is 0 Å². The lowest BCUT2D eigenvalue weighted by Gasteiger charge is -2.26. The minimum atomic E-state index is 0.0185. The highest BCUT2D eigenvalue weighted by Gasteiger charge is 2.23. The lowest BCUT2D eigenvalue weighted by atomic mass is 10.0. The van der Waals surface area contributed by atoms with Crippen LogP contribution in [0.3, 0.4) is 0 Å². The molecule has 0 amide bonds. The second-order valence-electron chi connectivity index (χ2n) is 5.93. The summed E-state index contributed by atoms with van der Waals surface area (Å²) in [4.78, 5) is 24.7. The van der Waals surface area contributed by atoms with Gasteiger partial charge >= 0.3 is 0 Å². The van der Waals surface area contributed by atoms with E-state index >= 15 is 0 Å². The van der Waals surface area contributed by atoms with E-state index in [1.807, 2.05) is 6.07 Å². The number of aromatic amines is 1. The molecule has 0 fully saturated rings. The van der Waals surface area contributed by atoms with Gasteiger partial charge in [-0.2, -0.15) is 0 Å². The highest BCUT2D eigenvalue weighted by atomic mass is 32.2. The van der Waals surface area contributed by atoms with Crippen LogP contribution in [0.2, 0.25) is 0 Å². The van der Waals surface area contributed by atoms with E-state index in [-0.39, 0.29) is 5.56 Å². The van der Waals surface area contributed by atoms with Crippen LogP contribution >= 0.6 is 23.1 Å². The second-order valence-corrected chi connectivity index (χ2v) is 8.27. The first-order chi connectivity index (χ1) is 11.7. The van der Waals surface area contributed by atoms with E-state index in [4.69, 9.17) is 0 Å². The topological polar surface area (TPSA) is 49.0 Å². The van der Waals surface area contributed by atoms with Crippen molar-refractivity contribution in [1.29, 1.82) is 0 Å². The summed E-state index contributed by atoms with van der Waals surface area (Å²) in [5.41, 5.74) is 2.56. The molecule has 0 saturated heterocycles. The Kier molecular flexibility index (Phi) is 4.43. The average Bonchev–Trinajstić information content (AvgIpc) is 2.94. The normalized spacial score (nSPS) is 14.9. The van der Waals surface area contributed by atoms with Crippen LogP contribution in [0.15, 0.2) is 40.3 Å². The van der Waals surface area contributed by atoms with Crippen LogP contribution in [-0.2, 0) is 19.5 Å². The Morgan fingerprint density at radius 2 is 2.17 bits per heavy atom. The summed E-state index contributed by atoms with van der Waals surface area (Å²) in [6.07, 6.45) is 0.924. The predicted octanol–water partition coefficient (Wildman–Crippen LogP) is 3.65. The molecule has 0 spiro atoms. The lowest BCUT2D eigenvalue weighted by Crippen LogP contribution is -2.29. The summed E-state index contributed by atoms with van der Waals surface area (Å²) in [6.45, 7) is 4.91. The van der Waals surface area contributed by atoms with Gasteiger partial charge in [-0.1, -0.05) is 49.0 Å². The van der Waals surface area contributed by atoms with Gasteiger partial charge < -0.3 is 4.98 Å². The van der Waals surface area contributed by atoms with Crippen LogP contribution in [0.25, 0.3) is 10.2 Å². The van der Waals surface area contributed by atoms with Crippen LogP contribution in [0.5, 0.6) is 0 Å². The minimum absolute atomic E-state index is 0.0185. The Morgan fingerprint density at radius 1 is 1.33 bits per heavy atom. The van der Waals surface area contributed by atoms with Crippen molar-refractivity contribution in [2.45, 2.75) is 31.6 Å². The van der Waals surface area contributed by atoms with Gasteiger partial charge in [0.05, 0.1) is 5.39 Å². The highest BCUT2D eigenvalue weighted by molar-refractivity contribution is 7.99. The zero-order valence-electron chi connectivity index (χ0n) is 13.5. The van der Waals surface area contributed by atoms with Gasteiger partial charge in [-0.05, 0) is 23.3 Å². The zero-order valence-corrected chi connectivity index (χ0v) is 15.2. The van der Waals surface area contributed by atoms with Gasteiger partial charge in [-0.3, -0.25) is 9.69 Å². The van der Waals surface area contributed by atoms with Gasteiger partial charge in [0.15, 0.2) is 5.16 Å². The average molecular weight is 358 g/mol.